The van der Waals surface area contributed by atoms with E-state index in [0.29, 0.717) is 0 Å². The number of hydrogen-bond acceptors (Lipinski definition) is 9. The summed E-state index contributed by atoms with van der Waals surface area (Å²) in [6.07, 6.45) is 2.73. The standard InChI is InChI=1S/C14H15N7O4/c22-5-8-7(23)4-9(25-8)21-6-17-10-11(21)18-14(19-12(10)24)20-13-15-2-1-3-16-13/h1-3,6-9,22-23H,4-5H2,(H2,15,16,18,19,20,24)/t7-,8+,9+/m0/s1. The van der Waals surface area contributed by atoms with Gasteiger partial charge in [-0.15, -0.1) is 0 Å². The Morgan fingerprint density at radius 1 is 1.36 bits per heavy atom. The Morgan fingerprint density at radius 3 is 2.88 bits per heavy atom. The molecule has 0 aromatic carbocycles. The topological polar surface area (TPSA) is 151 Å². The van der Waals surface area contributed by atoms with Crippen molar-refractivity contribution in [3.63, 3.8) is 0 Å². The summed E-state index contributed by atoms with van der Waals surface area (Å²) in [6, 6.07) is 1.67. The average molecular weight is 345 g/mol. The minimum atomic E-state index is -0.801. The molecule has 4 heterocycles. The monoisotopic (exact) mass is 345 g/mol. The molecule has 1 saturated heterocycles. The van der Waals surface area contributed by atoms with Crippen LogP contribution in [0.25, 0.3) is 11.2 Å². The fourth-order valence-electron chi connectivity index (χ4n) is 2.72. The summed E-state index contributed by atoms with van der Waals surface area (Å²) >= 11 is 0. The highest BCUT2D eigenvalue weighted by Gasteiger charge is 2.35. The van der Waals surface area contributed by atoms with Crippen LogP contribution in [0.2, 0.25) is 0 Å². The number of ether oxygens (including phenoxy) is 1. The zero-order chi connectivity index (χ0) is 17.4. The van der Waals surface area contributed by atoms with Crippen LogP contribution in [0, 0.1) is 0 Å². The van der Waals surface area contributed by atoms with Crippen molar-refractivity contribution in [3.05, 3.63) is 35.1 Å². The number of anilines is 2. The van der Waals surface area contributed by atoms with Crippen LogP contribution < -0.4 is 10.9 Å². The van der Waals surface area contributed by atoms with E-state index in [-0.39, 0.29) is 36.1 Å². The van der Waals surface area contributed by atoms with Crippen LogP contribution in [-0.4, -0.2) is 58.5 Å². The second kappa shape index (κ2) is 6.20. The number of aliphatic hydroxyl groups is 2. The van der Waals surface area contributed by atoms with E-state index < -0.39 is 24.0 Å². The van der Waals surface area contributed by atoms with Gasteiger partial charge in [-0.1, -0.05) is 0 Å². The largest absolute Gasteiger partial charge is 0.394 e. The van der Waals surface area contributed by atoms with Crippen LogP contribution in [0.4, 0.5) is 11.9 Å². The SMILES string of the molecule is O=c1[nH]c(Nc2ncccn2)nc2c1ncn2[C@H]1C[C@H](O)[C@@H](CO)O1. The van der Waals surface area contributed by atoms with Crippen molar-refractivity contribution in [3.8, 4) is 0 Å². The molecule has 25 heavy (non-hydrogen) atoms. The van der Waals surface area contributed by atoms with E-state index in [2.05, 4.69) is 30.2 Å². The van der Waals surface area contributed by atoms with Gasteiger partial charge < -0.3 is 14.9 Å². The number of hydrogen-bond donors (Lipinski definition) is 4. The molecule has 130 valence electrons. The van der Waals surface area contributed by atoms with E-state index >= 15 is 0 Å². The Morgan fingerprint density at radius 2 is 2.16 bits per heavy atom. The van der Waals surface area contributed by atoms with E-state index in [1.165, 1.54) is 6.33 Å². The van der Waals surface area contributed by atoms with Crippen molar-refractivity contribution >= 4 is 23.1 Å². The first-order valence-electron chi connectivity index (χ1n) is 7.61. The Kier molecular flexibility index (Phi) is 3.87. The van der Waals surface area contributed by atoms with E-state index in [0.717, 1.165) is 0 Å². The van der Waals surface area contributed by atoms with Gasteiger partial charge in [-0.25, -0.2) is 15.0 Å². The zero-order valence-electron chi connectivity index (χ0n) is 12.9. The van der Waals surface area contributed by atoms with Crippen LogP contribution in [0.15, 0.2) is 29.6 Å². The predicted octanol–water partition coefficient (Wildman–Crippen LogP) is -0.706. The molecule has 1 fully saturated rings. The fourth-order valence-corrected chi connectivity index (χ4v) is 2.72. The second-order valence-electron chi connectivity index (χ2n) is 5.55. The molecule has 0 saturated carbocycles. The quantitative estimate of drug-likeness (QED) is 0.481. The first-order valence-corrected chi connectivity index (χ1v) is 7.61. The lowest BCUT2D eigenvalue weighted by Crippen LogP contribution is -2.24. The molecule has 11 nitrogen and oxygen atoms in total. The molecule has 0 unspecified atom stereocenters. The molecular formula is C14H15N7O4. The lowest BCUT2D eigenvalue weighted by molar-refractivity contribution is -0.0432. The Hall–Kier alpha value is -2.89. The number of nitrogens with one attached hydrogen (secondary N) is 2. The first kappa shape index (κ1) is 15.6. The maximum Gasteiger partial charge on any atom is 0.280 e. The number of imidazole rings is 1. The van der Waals surface area contributed by atoms with Crippen molar-refractivity contribution < 1.29 is 14.9 Å². The maximum atomic E-state index is 12.2. The molecule has 4 rings (SSSR count). The van der Waals surface area contributed by atoms with Gasteiger partial charge in [0.2, 0.25) is 11.9 Å². The van der Waals surface area contributed by atoms with Crippen LogP contribution in [-0.2, 0) is 4.74 Å². The molecule has 0 bridgehead atoms. The first-order chi connectivity index (χ1) is 12.2. The van der Waals surface area contributed by atoms with E-state index in [4.69, 9.17) is 4.74 Å². The highest BCUT2D eigenvalue weighted by Crippen LogP contribution is 2.30. The highest BCUT2D eigenvalue weighted by molar-refractivity contribution is 5.71. The third kappa shape index (κ3) is 2.84. The zero-order valence-corrected chi connectivity index (χ0v) is 12.9. The Bertz CT molecular complexity index is 941. The third-order valence-corrected chi connectivity index (χ3v) is 3.92. The predicted molar refractivity (Wildman–Crippen MR) is 85.1 cm³/mol. The van der Waals surface area contributed by atoms with Crippen LogP contribution in [0.3, 0.4) is 0 Å². The summed E-state index contributed by atoms with van der Waals surface area (Å²) in [7, 11) is 0. The van der Waals surface area contributed by atoms with Gasteiger partial charge in [0.15, 0.2) is 11.2 Å². The Labute approximate surface area is 140 Å². The number of aliphatic hydroxyl groups excluding tert-OH is 2. The lowest BCUT2D eigenvalue weighted by Gasteiger charge is -2.13. The smallest absolute Gasteiger partial charge is 0.280 e. The van der Waals surface area contributed by atoms with Crippen LogP contribution in [0.1, 0.15) is 12.6 Å². The van der Waals surface area contributed by atoms with Crippen molar-refractivity contribution in [1.29, 1.82) is 0 Å². The number of rotatable bonds is 4. The minimum absolute atomic E-state index is 0.144. The summed E-state index contributed by atoms with van der Waals surface area (Å²) in [4.78, 5) is 31.2. The molecule has 0 spiro atoms. The van der Waals surface area contributed by atoms with E-state index in [1.807, 2.05) is 0 Å². The average Bonchev–Trinajstić information content (AvgIpc) is 3.19. The molecule has 3 aromatic rings. The lowest BCUT2D eigenvalue weighted by atomic mass is 10.2. The minimum Gasteiger partial charge on any atom is -0.394 e. The van der Waals surface area contributed by atoms with Gasteiger partial charge >= 0.3 is 0 Å². The summed E-state index contributed by atoms with van der Waals surface area (Å²) in [5, 5.41) is 21.9. The second-order valence-corrected chi connectivity index (χ2v) is 5.55. The van der Waals surface area contributed by atoms with E-state index in [9.17, 15) is 15.0 Å². The fraction of sp³-hybridized carbons (Fsp3) is 0.357. The molecule has 0 radical (unpaired) electrons. The highest BCUT2D eigenvalue weighted by atomic mass is 16.5. The van der Waals surface area contributed by atoms with Crippen molar-refractivity contribution in [1.82, 2.24) is 29.5 Å². The van der Waals surface area contributed by atoms with Crippen molar-refractivity contribution in [2.45, 2.75) is 24.9 Å². The summed E-state index contributed by atoms with van der Waals surface area (Å²) in [5.74, 6) is 0.437. The molecule has 3 aromatic heterocycles. The number of fused-ring (bicyclic) bond motifs is 1. The Balaban J connectivity index is 1.71. The molecule has 3 atom stereocenters. The van der Waals surface area contributed by atoms with Crippen molar-refractivity contribution in [2.75, 3.05) is 11.9 Å². The third-order valence-electron chi connectivity index (χ3n) is 3.92. The number of aromatic nitrogens is 6. The van der Waals surface area contributed by atoms with Crippen LogP contribution in [0.5, 0.6) is 0 Å². The van der Waals surface area contributed by atoms with Gasteiger partial charge in [-0.3, -0.25) is 19.7 Å². The molecule has 0 amide bonds. The molecule has 4 N–H and O–H groups in total. The normalized spacial score (nSPS) is 23.2. The summed E-state index contributed by atoms with van der Waals surface area (Å²) in [6.45, 7) is -0.295. The summed E-state index contributed by atoms with van der Waals surface area (Å²) in [5.41, 5.74) is 0.00229. The number of nitrogens with zero attached hydrogens (tertiary/aromatic N) is 5. The van der Waals surface area contributed by atoms with Gasteiger partial charge in [0.25, 0.3) is 5.56 Å². The molecule has 11 heteroatoms. The molecular weight excluding hydrogens is 330 g/mol. The van der Waals surface area contributed by atoms with Gasteiger partial charge in [0.1, 0.15) is 12.3 Å². The van der Waals surface area contributed by atoms with Gasteiger partial charge in [0, 0.05) is 18.8 Å². The number of aromatic amines is 1. The molecule has 1 aliphatic rings. The van der Waals surface area contributed by atoms with E-state index in [1.54, 1.807) is 23.0 Å². The molecule has 0 aliphatic carbocycles. The van der Waals surface area contributed by atoms with Gasteiger partial charge in [-0.05, 0) is 6.07 Å². The van der Waals surface area contributed by atoms with Crippen molar-refractivity contribution in [2.24, 2.45) is 0 Å². The molecule has 1 aliphatic heterocycles. The summed E-state index contributed by atoms with van der Waals surface area (Å²) < 4.78 is 7.16. The van der Waals surface area contributed by atoms with Gasteiger partial charge in [-0.2, -0.15) is 4.98 Å². The van der Waals surface area contributed by atoms with Crippen LogP contribution >= 0.6 is 0 Å². The van der Waals surface area contributed by atoms with Gasteiger partial charge in [0.05, 0.1) is 19.0 Å². The number of H-pyrrole nitrogens is 1. The maximum absolute atomic E-state index is 12.2.